The van der Waals surface area contributed by atoms with Crippen molar-refractivity contribution in [2.24, 2.45) is 11.8 Å². The van der Waals surface area contributed by atoms with Crippen LogP contribution in [0.2, 0.25) is 0 Å². The van der Waals surface area contributed by atoms with E-state index in [4.69, 9.17) is 0 Å². The summed E-state index contributed by atoms with van der Waals surface area (Å²) in [6, 6.07) is 3.78. The Morgan fingerprint density at radius 3 is 2.87 bits per heavy atom. The van der Waals surface area contributed by atoms with Crippen molar-refractivity contribution < 1.29 is 9.90 Å². The standard InChI is InChI=1S/C18H25N3O2/c22-13-15-7-10-21(11-8-15)18-16(6-3-9-19-18)20-17(23)12-14-4-1-2-5-14/h1,3-4,6,9,14-15,22H,2,5,7-8,10-13H2,(H,20,23). The molecule has 1 unspecified atom stereocenters. The Hall–Kier alpha value is -1.88. The molecule has 0 radical (unpaired) electrons. The number of hydrogen-bond donors (Lipinski definition) is 2. The number of carbonyl (C=O) groups is 1. The molecule has 1 atom stereocenters. The highest BCUT2D eigenvalue weighted by Gasteiger charge is 2.22. The molecule has 0 bridgehead atoms. The lowest BCUT2D eigenvalue weighted by atomic mass is 9.98. The molecular weight excluding hydrogens is 290 g/mol. The van der Waals surface area contributed by atoms with Crippen LogP contribution < -0.4 is 10.2 Å². The van der Waals surface area contributed by atoms with Crippen LogP contribution in [0.5, 0.6) is 0 Å². The van der Waals surface area contributed by atoms with Crippen LogP contribution in [0.1, 0.15) is 32.1 Å². The van der Waals surface area contributed by atoms with Gasteiger partial charge in [0.05, 0.1) is 5.69 Å². The number of aromatic nitrogens is 1. The normalized spacial score (nSPS) is 21.6. The van der Waals surface area contributed by atoms with Crippen LogP contribution in [0.25, 0.3) is 0 Å². The highest BCUT2D eigenvalue weighted by molar-refractivity contribution is 5.93. The lowest BCUT2D eigenvalue weighted by Gasteiger charge is -2.33. The van der Waals surface area contributed by atoms with Crippen LogP contribution in [0.4, 0.5) is 11.5 Å². The quantitative estimate of drug-likeness (QED) is 0.820. The lowest BCUT2D eigenvalue weighted by molar-refractivity contribution is -0.116. The van der Waals surface area contributed by atoms with Crippen LogP contribution in [0.3, 0.4) is 0 Å². The number of piperidine rings is 1. The van der Waals surface area contributed by atoms with E-state index in [0.29, 0.717) is 18.3 Å². The van der Waals surface area contributed by atoms with Gasteiger partial charge in [0.2, 0.25) is 5.91 Å². The number of amides is 1. The summed E-state index contributed by atoms with van der Waals surface area (Å²) < 4.78 is 0. The Kier molecular flexibility index (Phi) is 5.28. The maximum Gasteiger partial charge on any atom is 0.225 e. The van der Waals surface area contributed by atoms with Crippen molar-refractivity contribution in [3.63, 3.8) is 0 Å². The number of nitrogens with one attached hydrogen (secondary N) is 1. The van der Waals surface area contributed by atoms with Gasteiger partial charge in [-0.2, -0.15) is 0 Å². The zero-order valence-electron chi connectivity index (χ0n) is 13.4. The van der Waals surface area contributed by atoms with Gasteiger partial charge in [-0.25, -0.2) is 4.98 Å². The van der Waals surface area contributed by atoms with Crippen LogP contribution in [-0.4, -0.2) is 35.7 Å². The van der Waals surface area contributed by atoms with E-state index in [1.807, 2.05) is 12.1 Å². The minimum atomic E-state index is 0.0565. The van der Waals surface area contributed by atoms with Crippen molar-refractivity contribution in [2.75, 3.05) is 29.9 Å². The Labute approximate surface area is 137 Å². The molecule has 1 fully saturated rings. The van der Waals surface area contributed by atoms with Gasteiger partial charge in [-0.3, -0.25) is 4.79 Å². The minimum Gasteiger partial charge on any atom is -0.396 e. The van der Waals surface area contributed by atoms with E-state index >= 15 is 0 Å². The average molecular weight is 315 g/mol. The number of allylic oxidation sites excluding steroid dienone is 2. The van der Waals surface area contributed by atoms with Gasteiger partial charge in [-0.1, -0.05) is 12.2 Å². The number of aliphatic hydroxyl groups excluding tert-OH is 1. The Morgan fingerprint density at radius 2 is 2.17 bits per heavy atom. The Bertz CT molecular complexity index is 565. The molecule has 1 aliphatic heterocycles. The smallest absolute Gasteiger partial charge is 0.225 e. The Balaban J connectivity index is 1.63. The molecule has 0 saturated carbocycles. The molecule has 0 aromatic carbocycles. The highest BCUT2D eigenvalue weighted by Crippen LogP contribution is 2.28. The third-order valence-corrected chi connectivity index (χ3v) is 4.79. The number of nitrogens with zero attached hydrogens (tertiary/aromatic N) is 2. The fourth-order valence-corrected chi connectivity index (χ4v) is 3.38. The zero-order chi connectivity index (χ0) is 16.1. The molecule has 23 heavy (non-hydrogen) atoms. The molecule has 2 heterocycles. The maximum absolute atomic E-state index is 12.3. The van der Waals surface area contributed by atoms with E-state index in [2.05, 4.69) is 27.4 Å². The van der Waals surface area contributed by atoms with Crippen molar-refractivity contribution in [1.82, 2.24) is 4.98 Å². The summed E-state index contributed by atoms with van der Waals surface area (Å²) in [5.41, 5.74) is 0.793. The fourth-order valence-electron chi connectivity index (χ4n) is 3.38. The summed E-state index contributed by atoms with van der Waals surface area (Å²) in [5, 5.41) is 12.3. The highest BCUT2D eigenvalue weighted by atomic mass is 16.3. The molecule has 2 aliphatic rings. The molecule has 1 aliphatic carbocycles. The van der Waals surface area contributed by atoms with E-state index < -0.39 is 0 Å². The van der Waals surface area contributed by atoms with Crippen LogP contribution in [0, 0.1) is 11.8 Å². The summed E-state index contributed by atoms with van der Waals surface area (Å²) >= 11 is 0. The van der Waals surface area contributed by atoms with Gasteiger partial charge >= 0.3 is 0 Å². The number of aliphatic hydroxyl groups is 1. The summed E-state index contributed by atoms with van der Waals surface area (Å²) in [5.74, 6) is 1.66. The van der Waals surface area contributed by atoms with Crippen LogP contribution in [-0.2, 0) is 4.79 Å². The largest absolute Gasteiger partial charge is 0.396 e. The van der Waals surface area contributed by atoms with Crippen LogP contribution >= 0.6 is 0 Å². The first-order valence-electron chi connectivity index (χ1n) is 8.53. The number of rotatable bonds is 5. The summed E-state index contributed by atoms with van der Waals surface area (Å²) in [6.45, 7) is 2.00. The van der Waals surface area contributed by atoms with Crippen molar-refractivity contribution in [2.45, 2.75) is 32.1 Å². The molecule has 5 heteroatoms. The third kappa shape index (κ3) is 4.10. The number of carbonyl (C=O) groups excluding carboxylic acids is 1. The van der Waals surface area contributed by atoms with E-state index in [1.54, 1.807) is 6.20 Å². The molecule has 1 aromatic rings. The predicted octanol–water partition coefficient (Wildman–Crippen LogP) is 2.59. The molecule has 3 rings (SSSR count). The number of hydrogen-bond acceptors (Lipinski definition) is 4. The SMILES string of the molecule is O=C(CC1C=CCC1)Nc1cccnc1N1CCC(CO)CC1. The van der Waals surface area contributed by atoms with Gasteiger partial charge < -0.3 is 15.3 Å². The topological polar surface area (TPSA) is 65.5 Å². The molecular formula is C18H25N3O2. The fraction of sp³-hybridized carbons (Fsp3) is 0.556. The first kappa shape index (κ1) is 16.0. The van der Waals surface area contributed by atoms with Crippen molar-refractivity contribution >= 4 is 17.4 Å². The van der Waals surface area contributed by atoms with Gasteiger partial charge in [0.25, 0.3) is 0 Å². The van der Waals surface area contributed by atoms with Crippen molar-refractivity contribution in [3.05, 3.63) is 30.5 Å². The Morgan fingerprint density at radius 1 is 1.35 bits per heavy atom. The van der Waals surface area contributed by atoms with Crippen molar-refractivity contribution in [3.8, 4) is 0 Å². The molecule has 2 N–H and O–H groups in total. The lowest BCUT2D eigenvalue weighted by Crippen LogP contribution is -2.36. The maximum atomic E-state index is 12.3. The molecule has 124 valence electrons. The number of pyridine rings is 1. The van der Waals surface area contributed by atoms with Gasteiger partial charge in [0.1, 0.15) is 0 Å². The third-order valence-electron chi connectivity index (χ3n) is 4.79. The second-order valence-electron chi connectivity index (χ2n) is 6.51. The van der Waals surface area contributed by atoms with Gasteiger partial charge in [-0.05, 0) is 49.7 Å². The van der Waals surface area contributed by atoms with E-state index in [-0.39, 0.29) is 12.5 Å². The van der Waals surface area contributed by atoms with Gasteiger partial charge in [0.15, 0.2) is 5.82 Å². The van der Waals surface area contributed by atoms with Gasteiger partial charge in [0, 0.05) is 32.3 Å². The number of anilines is 2. The molecule has 5 nitrogen and oxygen atoms in total. The minimum absolute atomic E-state index is 0.0565. The molecule has 1 aromatic heterocycles. The summed E-state index contributed by atoms with van der Waals surface area (Å²) in [4.78, 5) is 19.0. The van der Waals surface area contributed by atoms with Crippen molar-refractivity contribution in [1.29, 1.82) is 0 Å². The zero-order valence-corrected chi connectivity index (χ0v) is 13.4. The summed E-state index contributed by atoms with van der Waals surface area (Å²) in [6.07, 6.45) is 10.7. The van der Waals surface area contributed by atoms with Crippen LogP contribution in [0.15, 0.2) is 30.5 Å². The molecule has 0 spiro atoms. The van der Waals surface area contributed by atoms with E-state index in [9.17, 15) is 9.90 Å². The molecule has 1 amide bonds. The first-order chi connectivity index (χ1) is 11.3. The average Bonchev–Trinajstić information content (AvgIpc) is 3.08. The predicted molar refractivity (Wildman–Crippen MR) is 91.4 cm³/mol. The van der Waals surface area contributed by atoms with E-state index in [0.717, 1.165) is 50.3 Å². The summed E-state index contributed by atoms with van der Waals surface area (Å²) in [7, 11) is 0. The first-order valence-corrected chi connectivity index (χ1v) is 8.53. The second kappa shape index (κ2) is 7.59. The van der Waals surface area contributed by atoms with Gasteiger partial charge in [-0.15, -0.1) is 0 Å². The monoisotopic (exact) mass is 315 g/mol. The van der Waals surface area contributed by atoms with E-state index in [1.165, 1.54) is 0 Å². The molecule has 1 saturated heterocycles. The second-order valence-corrected chi connectivity index (χ2v) is 6.51.